The number of hydrogen-bond acceptors (Lipinski definition) is 6. The average Bonchev–Trinajstić information content (AvgIpc) is 2.83. The molecule has 0 N–H and O–H groups in total. The minimum Gasteiger partial charge on any atom is -0.481 e. The van der Waals surface area contributed by atoms with Gasteiger partial charge in [-0.3, -0.25) is 4.90 Å². The summed E-state index contributed by atoms with van der Waals surface area (Å²) in [5.74, 6) is 0.704. The summed E-state index contributed by atoms with van der Waals surface area (Å²) in [4.78, 5) is 16.5. The van der Waals surface area contributed by atoms with Gasteiger partial charge in [0, 0.05) is 42.7 Å². The van der Waals surface area contributed by atoms with Crippen LogP contribution in [0.3, 0.4) is 0 Å². The van der Waals surface area contributed by atoms with Crippen molar-refractivity contribution in [2.24, 2.45) is 0 Å². The van der Waals surface area contributed by atoms with Crippen LogP contribution in [0.15, 0.2) is 12.5 Å². The van der Waals surface area contributed by atoms with Crippen LogP contribution < -0.4 is 4.74 Å². The predicted molar refractivity (Wildman–Crippen MR) is 73.3 cm³/mol. The minimum atomic E-state index is 0.704. The molecule has 0 radical (unpaired) electrons. The fraction of sp³-hybridized carbons (Fsp3) is 0.462. The lowest BCUT2D eigenvalue weighted by Gasteiger charge is -2.27. The standard InChI is InChI=1S/C13H16N4OS/c1-9-14-5-10(19-9)6-17-4-3-12-11(7-17)13(18-2)16-8-15-12/h5,8H,3-4,6-7H2,1-2H3. The Labute approximate surface area is 116 Å². The maximum atomic E-state index is 5.33. The van der Waals surface area contributed by atoms with E-state index >= 15 is 0 Å². The van der Waals surface area contributed by atoms with Crippen LogP contribution in [0.4, 0.5) is 0 Å². The van der Waals surface area contributed by atoms with Gasteiger partial charge in [-0.15, -0.1) is 11.3 Å². The summed E-state index contributed by atoms with van der Waals surface area (Å²) in [6.07, 6.45) is 4.50. The Morgan fingerprint density at radius 2 is 2.26 bits per heavy atom. The van der Waals surface area contributed by atoms with E-state index in [1.165, 1.54) is 4.88 Å². The third-order valence-corrected chi connectivity index (χ3v) is 4.18. The minimum absolute atomic E-state index is 0.704. The lowest BCUT2D eigenvalue weighted by atomic mass is 10.1. The molecular formula is C13H16N4OS. The predicted octanol–water partition coefficient (Wildman–Crippen LogP) is 1.81. The van der Waals surface area contributed by atoms with Crippen molar-refractivity contribution in [3.8, 4) is 5.88 Å². The van der Waals surface area contributed by atoms with E-state index in [0.29, 0.717) is 5.88 Å². The van der Waals surface area contributed by atoms with Crippen LogP contribution in [0, 0.1) is 6.92 Å². The van der Waals surface area contributed by atoms with Crippen LogP contribution in [0.2, 0.25) is 0 Å². The second-order valence-electron chi connectivity index (χ2n) is 4.61. The van der Waals surface area contributed by atoms with Crippen LogP contribution in [0.5, 0.6) is 5.88 Å². The van der Waals surface area contributed by atoms with Crippen molar-refractivity contribution < 1.29 is 4.74 Å². The van der Waals surface area contributed by atoms with E-state index in [1.807, 2.05) is 13.1 Å². The Kier molecular flexibility index (Phi) is 3.44. The summed E-state index contributed by atoms with van der Waals surface area (Å²) in [5, 5.41) is 1.12. The van der Waals surface area contributed by atoms with Crippen molar-refractivity contribution in [2.75, 3.05) is 13.7 Å². The van der Waals surface area contributed by atoms with Crippen molar-refractivity contribution >= 4 is 11.3 Å². The number of methoxy groups -OCH3 is 1. The van der Waals surface area contributed by atoms with Gasteiger partial charge in [-0.2, -0.15) is 0 Å². The molecule has 3 rings (SSSR count). The van der Waals surface area contributed by atoms with Crippen LogP contribution in [-0.2, 0) is 19.5 Å². The zero-order valence-electron chi connectivity index (χ0n) is 11.1. The Morgan fingerprint density at radius 3 is 3.00 bits per heavy atom. The first-order chi connectivity index (χ1) is 9.26. The van der Waals surface area contributed by atoms with E-state index in [9.17, 15) is 0 Å². The number of ether oxygens (including phenoxy) is 1. The molecular weight excluding hydrogens is 260 g/mol. The smallest absolute Gasteiger partial charge is 0.220 e. The lowest BCUT2D eigenvalue weighted by Crippen LogP contribution is -2.31. The monoisotopic (exact) mass is 276 g/mol. The summed E-state index contributed by atoms with van der Waals surface area (Å²) in [6.45, 7) is 4.83. The Balaban J connectivity index is 1.78. The molecule has 0 unspecified atom stereocenters. The molecule has 0 bridgehead atoms. The first kappa shape index (κ1) is 12.5. The summed E-state index contributed by atoms with van der Waals surface area (Å²) < 4.78 is 5.33. The highest BCUT2D eigenvalue weighted by Crippen LogP contribution is 2.26. The molecule has 0 saturated carbocycles. The fourth-order valence-electron chi connectivity index (χ4n) is 2.38. The molecule has 3 heterocycles. The number of aryl methyl sites for hydroxylation is 1. The molecule has 1 aliphatic rings. The van der Waals surface area contributed by atoms with E-state index in [2.05, 4.69) is 19.9 Å². The molecule has 6 heteroatoms. The van der Waals surface area contributed by atoms with E-state index in [4.69, 9.17) is 4.74 Å². The van der Waals surface area contributed by atoms with Crippen molar-refractivity contribution in [2.45, 2.75) is 26.4 Å². The number of aromatic nitrogens is 3. The third-order valence-electron chi connectivity index (χ3n) is 3.28. The van der Waals surface area contributed by atoms with Crippen LogP contribution in [0.1, 0.15) is 21.1 Å². The van der Waals surface area contributed by atoms with Gasteiger partial charge in [0.1, 0.15) is 6.33 Å². The zero-order valence-corrected chi connectivity index (χ0v) is 11.9. The van der Waals surface area contributed by atoms with Gasteiger partial charge in [-0.05, 0) is 6.92 Å². The summed E-state index contributed by atoms with van der Waals surface area (Å²) in [7, 11) is 1.66. The van der Waals surface area contributed by atoms with Gasteiger partial charge in [0.2, 0.25) is 5.88 Å². The lowest BCUT2D eigenvalue weighted by molar-refractivity contribution is 0.238. The average molecular weight is 276 g/mol. The first-order valence-corrected chi connectivity index (χ1v) is 7.08. The van der Waals surface area contributed by atoms with E-state index in [0.717, 1.165) is 42.3 Å². The topological polar surface area (TPSA) is 51.1 Å². The molecule has 0 spiro atoms. The van der Waals surface area contributed by atoms with Crippen molar-refractivity contribution in [3.63, 3.8) is 0 Å². The van der Waals surface area contributed by atoms with Gasteiger partial charge in [0.05, 0.1) is 17.8 Å². The Morgan fingerprint density at radius 1 is 1.37 bits per heavy atom. The molecule has 0 fully saturated rings. The maximum absolute atomic E-state index is 5.33. The van der Waals surface area contributed by atoms with E-state index < -0.39 is 0 Å². The van der Waals surface area contributed by atoms with E-state index in [1.54, 1.807) is 24.8 Å². The first-order valence-electron chi connectivity index (χ1n) is 6.26. The highest BCUT2D eigenvalue weighted by atomic mass is 32.1. The summed E-state index contributed by atoms with van der Waals surface area (Å²) >= 11 is 1.76. The molecule has 0 aliphatic carbocycles. The second kappa shape index (κ2) is 5.22. The summed E-state index contributed by atoms with van der Waals surface area (Å²) in [5.41, 5.74) is 2.24. The number of rotatable bonds is 3. The van der Waals surface area contributed by atoms with Gasteiger partial charge in [-0.25, -0.2) is 15.0 Å². The third kappa shape index (κ3) is 2.59. The largest absolute Gasteiger partial charge is 0.481 e. The van der Waals surface area contributed by atoms with Crippen molar-refractivity contribution in [3.05, 3.63) is 33.7 Å². The highest BCUT2D eigenvalue weighted by molar-refractivity contribution is 7.11. The Hall–Kier alpha value is -1.53. The SMILES string of the molecule is COc1ncnc2c1CN(Cc1cnc(C)s1)CC2. The van der Waals surface area contributed by atoms with Crippen molar-refractivity contribution in [1.82, 2.24) is 19.9 Å². The fourth-order valence-corrected chi connectivity index (χ4v) is 3.22. The molecule has 0 saturated heterocycles. The molecule has 2 aromatic rings. The van der Waals surface area contributed by atoms with Gasteiger partial charge >= 0.3 is 0 Å². The van der Waals surface area contributed by atoms with Crippen LogP contribution in [-0.4, -0.2) is 33.5 Å². The molecule has 2 aromatic heterocycles. The summed E-state index contributed by atoms with van der Waals surface area (Å²) in [6, 6.07) is 0. The normalized spacial score (nSPS) is 15.3. The number of nitrogens with zero attached hydrogens (tertiary/aromatic N) is 4. The molecule has 5 nitrogen and oxygen atoms in total. The van der Waals surface area contributed by atoms with Gasteiger partial charge in [-0.1, -0.05) is 0 Å². The maximum Gasteiger partial charge on any atom is 0.220 e. The number of thiazole rings is 1. The number of fused-ring (bicyclic) bond motifs is 1. The van der Waals surface area contributed by atoms with Crippen LogP contribution in [0.25, 0.3) is 0 Å². The number of hydrogen-bond donors (Lipinski definition) is 0. The molecule has 100 valence electrons. The van der Waals surface area contributed by atoms with E-state index in [-0.39, 0.29) is 0 Å². The Bertz CT molecular complexity index is 570. The van der Waals surface area contributed by atoms with Gasteiger partial charge in [0.25, 0.3) is 0 Å². The molecule has 1 aliphatic heterocycles. The second-order valence-corrected chi connectivity index (χ2v) is 5.93. The van der Waals surface area contributed by atoms with Gasteiger partial charge in [0.15, 0.2) is 0 Å². The quantitative estimate of drug-likeness (QED) is 0.855. The van der Waals surface area contributed by atoms with Crippen molar-refractivity contribution in [1.29, 1.82) is 0 Å². The van der Waals surface area contributed by atoms with Crippen LogP contribution >= 0.6 is 11.3 Å². The molecule has 0 aromatic carbocycles. The highest BCUT2D eigenvalue weighted by Gasteiger charge is 2.21. The molecule has 19 heavy (non-hydrogen) atoms. The zero-order chi connectivity index (χ0) is 13.2. The van der Waals surface area contributed by atoms with Gasteiger partial charge < -0.3 is 4.74 Å². The molecule has 0 atom stereocenters. The molecule has 0 amide bonds.